The summed E-state index contributed by atoms with van der Waals surface area (Å²) in [6.45, 7) is 5.21. The molecule has 1 aliphatic rings. The van der Waals surface area contributed by atoms with Crippen molar-refractivity contribution in [1.29, 1.82) is 5.26 Å². The SMILES string of the molecule is CCOc1cccc(OCC)c1C(=O)NC[C@]1(c2ccccc2)CC[C@H](N/C(=N/C#N)NC)CC1. The smallest absolute Gasteiger partial charge is 0.258 e. The first kappa shape index (κ1) is 25.9. The Morgan fingerprint density at radius 3 is 2.23 bits per heavy atom. The van der Waals surface area contributed by atoms with E-state index in [0.29, 0.717) is 42.8 Å². The molecule has 1 aliphatic carbocycles. The van der Waals surface area contributed by atoms with Crippen LogP contribution in [-0.4, -0.2) is 44.7 Å². The first-order chi connectivity index (χ1) is 17.1. The van der Waals surface area contributed by atoms with Crippen LogP contribution in [0.4, 0.5) is 0 Å². The average Bonchev–Trinajstić information content (AvgIpc) is 2.89. The summed E-state index contributed by atoms with van der Waals surface area (Å²) in [5, 5.41) is 18.3. The molecule has 3 rings (SSSR count). The van der Waals surface area contributed by atoms with Crippen molar-refractivity contribution in [2.75, 3.05) is 26.8 Å². The van der Waals surface area contributed by atoms with Gasteiger partial charge in [-0.15, -0.1) is 4.99 Å². The number of nitrogens with zero attached hydrogens (tertiary/aromatic N) is 2. The lowest BCUT2D eigenvalue weighted by Gasteiger charge is -2.41. The second-order valence-corrected chi connectivity index (χ2v) is 8.55. The van der Waals surface area contributed by atoms with Crippen molar-refractivity contribution < 1.29 is 14.3 Å². The zero-order valence-corrected chi connectivity index (χ0v) is 20.8. The monoisotopic (exact) mass is 477 g/mol. The lowest BCUT2D eigenvalue weighted by molar-refractivity contribution is 0.0927. The van der Waals surface area contributed by atoms with Crippen LogP contribution in [0.15, 0.2) is 53.5 Å². The summed E-state index contributed by atoms with van der Waals surface area (Å²) in [5.74, 6) is 1.32. The summed E-state index contributed by atoms with van der Waals surface area (Å²) in [5.41, 5.74) is 1.44. The lowest BCUT2D eigenvalue weighted by atomic mass is 9.68. The predicted molar refractivity (Wildman–Crippen MR) is 137 cm³/mol. The number of aliphatic imine (C=N–C) groups is 1. The van der Waals surface area contributed by atoms with Gasteiger partial charge in [0.25, 0.3) is 5.91 Å². The van der Waals surface area contributed by atoms with Crippen LogP contribution in [-0.2, 0) is 5.41 Å². The van der Waals surface area contributed by atoms with E-state index in [4.69, 9.17) is 14.7 Å². The Morgan fingerprint density at radius 1 is 1.06 bits per heavy atom. The van der Waals surface area contributed by atoms with Crippen LogP contribution in [0.25, 0.3) is 0 Å². The molecule has 2 aromatic carbocycles. The molecule has 0 bridgehead atoms. The molecule has 1 saturated carbocycles. The quantitative estimate of drug-likeness (QED) is 0.289. The van der Waals surface area contributed by atoms with Gasteiger partial charge in [-0.25, -0.2) is 0 Å². The molecule has 186 valence electrons. The number of nitriles is 1. The summed E-state index contributed by atoms with van der Waals surface area (Å²) in [7, 11) is 1.74. The topological polar surface area (TPSA) is 108 Å². The van der Waals surface area contributed by atoms with Crippen LogP contribution in [0, 0.1) is 11.5 Å². The van der Waals surface area contributed by atoms with Crippen molar-refractivity contribution >= 4 is 11.9 Å². The summed E-state index contributed by atoms with van der Waals surface area (Å²) in [4.78, 5) is 17.2. The van der Waals surface area contributed by atoms with Gasteiger partial charge in [-0.3, -0.25) is 4.79 Å². The van der Waals surface area contributed by atoms with E-state index in [1.165, 1.54) is 5.56 Å². The fraction of sp³-hybridized carbons (Fsp3) is 0.444. The third-order valence-electron chi connectivity index (χ3n) is 6.47. The summed E-state index contributed by atoms with van der Waals surface area (Å²) in [6, 6.07) is 16.0. The number of carbonyl (C=O) groups excluding carboxylic acids is 1. The molecule has 3 N–H and O–H groups in total. The van der Waals surface area contributed by atoms with Gasteiger partial charge in [-0.05, 0) is 57.2 Å². The Labute approximate surface area is 207 Å². The van der Waals surface area contributed by atoms with Crippen molar-refractivity contribution in [3.8, 4) is 17.7 Å². The van der Waals surface area contributed by atoms with Crippen molar-refractivity contribution in [1.82, 2.24) is 16.0 Å². The highest BCUT2D eigenvalue weighted by Gasteiger charge is 2.38. The highest BCUT2D eigenvalue weighted by atomic mass is 16.5. The van der Waals surface area contributed by atoms with Crippen molar-refractivity contribution in [2.45, 2.75) is 51.0 Å². The number of amides is 1. The van der Waals surface area contributed by atoms with Gasteiger partial charge in [0.05, 0.1) is 13.2 Å². The van der Waals surface area contributed by atoms with E-state index in [2.05, 4.69) is 33.1 Å². The van der Waals surface area contributed by atoms with Crippen molar-refractivity contribution in [3.05, 3.63) is 59.7 Å². The first-order valence-electron chi connectivity index (χ1n) is 12.2. The molecule has 0 spiro atoms. The minimum absolute atomic E-state index is 0.199. The molecule has 0 atom stereocenters. The van der Waals surface area contributed by atoms with E-state index in [1.807, 2.05) is 44.3 Å². The van der Waals surface area contributed by atoms with E-state index in [1.54, 1.807) is 19.2 Å². The molecule has 0 unspecified atom stereocenters. The van der Waals surface area contributed by atoms with Crippen LogP contribution >= 0.6 is 0 Å². The van der Waals surface area contributed by atoms with Gasteiger partial charge in [0.2, 0.25) is 12.2 Å². The number of carbonyl (C=O) groups is 1. The molecule has 35 heavy (non-hydrogen) atoms. The Kier molecular flexibility index (Phi) is 9.36. The number of guanidine groups is 1. The predicted octanol–water partition coefficient (Wildman–Crippen LogP) is 3.74. The number of hydrogen-bond acceptors (Lipinski definition) is 5. The molecule has 1 amide bonds. The maximum atomic E-state index is 13.4. The van der Waals surface area contributed by atoms with Crippen LogP contribution < -0.4 is 25.4 Å². The molecule has 8 nitrogen and oxygen atoms in total. The van der Waals surface area contributed by atoms with Crippen LogP contribution in [0.3, 0.4) is 0 Å². The van der Waals surface area contributed by atoms with Gasteiger partial charge in [-0.2, -0.15) is 5.26 Å². The molecule has 1 fully saturated rings. The number of ether oxygens (including phenoxy) is 2. The normalized spacial score (nSPS) is 19.8. The highest BCUT2D eigenvalue weighted by Crippen LogP contribution is 2.39. The van der Waals surface area contributed by atoms with Crippen molar-refractivity contribution in [3.63, 3.8) is 0 Å². The van der Waals surface area contributed by atoms with Crippen molar-refractivity contribution in [2.24, 2.45) is 4.99 Å². The standard InChI is InChI=1S/C27H35N5O3/c1-4-34-22-12-9-13-23(35-5-2)24(22)25(33)30-18-27(20-10-7-6-8-11-20)16-14-21(15-17-27)32-26(29-3)31-19-28/h6-13,21H,4-5,14-18H2,1-3H3,(H,30,33)(H2,29,31,32)/t21-,27-. The molecular weight excluding hydrogens is 442 g/mol. The van der Waals surface area contributed by atoms with E-state index in [9.17, 15) is 4.79 Å². The minimum Gasteiger partial charge on any atom is -0.493 e. The Balaban J connectivity index is 1.80. The number of hydrogen-bond donors (Lipinski definition) is 3. The van der Waals surface area contributed by atoms with Crippen LogP contribution in [0.5, 0.6) is 11.5 Å². The maximum absolute atomic E-state index is 13.4. The molecule has 8 heteroatoms. The molecule has 0 saturated heterocycles. The summed E-state index contributed by atoms with van der Waals surface area (Å²) < 4.78 is 11.5. The molecule has 0 aliphatic heterocycles. The largest absolute Gasteiger partial charge is 0.493 e. The highest BCUT2D eigenvalue weighted by molar-refractivity contribution is 5.99. The second-order valence-electron chi connectivity index (χ2n) is 8.55. The number of rotatable bonds is 9. The zero-order chi connectivity index (χ0) is 25.1. The Bertz CT molecular complexity index is 1020. The van der Waals surface area contributed by atoms with E-state index < -0.39 is 0 Å². The fourth-order valence-electron chi connectivity index (χ4n) is 4.70. The third kappa shape index (κ3) is 6.44. The summed E-state index contributed by atoms with van der Waals surface area (Å²) in [6.07, 6.45) is 5.35. The molecular formula is C27H35N5O3. The molecule has 0 heterocycles. The average molecular weight is 478 g/mol. The van der Waals surface area contributed by atoms with E-state index in [-0.39, 0.29) is 17.4 Å². The lowest BCUT2D eigenvalue weighted by Crippen LogP contribution is -2.49. The van der Waals surface area contributed by atoms with Gasteiger partial charge < -0.3 is 25.4 Å². The zero-order valence-electron chi connectivity index (χ0n) is 20.8. The number of nitrogens with one attached hydrogen (secondary N) is 3. The molecule has 0 radical (unpaired) electrons. The fourth-order valence-corrected chi connectivity index (χ4v) is 4.70. The Morgan fingerprint density at radius 2 is 1.69 bits per heavy atom. The third-order valence-corrected chi connectivity index (χ3v) is 6.47. The minimum atomic E-state index is -0.202. The van der Waals surface area contributed by atoms with Gasteiger partial charge in [0.1, 0.15) is 17.1 Å². The summed E-state index contributed by atoms with van der Waals surface area (Å²) >= 11 is 0. The first-order valence-corrected chi connectivity index (χ1v) is 12.2. The van der Waals surface area contributed by atoms with Gasteiger partial charge in [-0.1, -0.05) is 36.4 Å². The second kappa shape index (κ2) is 12.7. The van der Waals surface area contributed by atoms with Crippen LogP contribution in [0.1, 0.15) is 55.5 Å². The van der Waals surface area contributed by atoms with Gasteiger partial charge >= 0.3 is 0 Å². The van der Waals surface area contributed by atoms with E-state index in [0.717, 1.165) is 25.7 Å². The molecule has 0 aromatic heterocycles. The van der Waals surface area contributed by atoms with Crippen LogP contribution in [0.2, 0.25) is 0 Å². The maximum Gasteiger partial charge on any atom is 0.258 e. The van der Waals surface area contributed by atoms with E-state index >= 15 is 0 Å². The van der Waals surface area contributed by atoms with Gasteiger partial charge in [0, 0.05) is 25.0 Å². The molecule has 2 aromatic rings. The number of benzene rings is 2. The Hall–Kier alpha value is -3.73. The van der Waals surface area contributed by atoms with Gasteiger partial charge in [0.15, 0.2) is 0 Å².